The zero-order valence-corrected chi connectivity index (χ0v) is 12.9. The van der Waals surface area contributed by atoms with Crippen molar-refractivity contribution in [2.75, 3.05) is 0 Å². The maximum atomic E-state index is 11.8. The van der Waals surface area contributed by atoms with Crippen molar-refractivity contribution >= 4 is 29.1 Å². The summed E-state index contributed by atoms with van der Waals surface area (Å²) in [5.74, 6) is 0.117. The van der Waals surface area contributed by atoms with Gasteiger partial charge in [0.2, 0.25) is 5.12 Å². The molecule has 1 atom stereocenters. The van der Waals surface area contributed by atoms with Crippen LogP contribution in [0, 0.1) is 0 Å². The highest BCUT2D eigenvalue weighted by Gasteiger charge is 2.20. The molecule has 1 unspecified atom stereocenters. The van der Waals surface area contributed by atoms with Crippen molar-refractivity contribution in [2.24, 2.45) is 0 Å². The number of carbonyl (C=O) groups excluding carboxylic acids is 1. The molecule has 1 aromatic carbocycles. The fraction of sp³-hybridized carbons (Fsp3) is 0.125. The Morgan fingerprint density at radius 2 is 2.14 bits per heavy atom. The number of thiophene rings is 1. The largest absolute Gasteiger partial charge is 0.337 e. The van der Waals surface area contributed by atoms with Crippen LogP contribution in [0.3, 0.4) is 0 Å². The van der Waals surface area contributed by atoms with Gasteiger partial charge in [0.05, 0.1) is 6.33 Å². The summed E-state index contributed by atoms with van der Waals surface area (Å²) in [6.07, 6.45) is 5.50. The maximum absolute atomic E-state index is 11.8. The SMILES string of the molecule is O=C(S)c1ccccc1C(Cn1ccnc1)c1cccs1. The van der Waals surface area contributed by atoms with E-state index in [1.54, 1.807) is 23.9 Å². The topological polar surface area (TPSA) is 34.9 Å². The fourth-order valence-corrected chi connectivity index (χ4v) is 3.47. The monoisotopic (exact) mass is 314 g/mol. The zero-order valence-electron chi connectivity index (χ0n) is 11.2. The van der Waals surface area contributed by atoms with Gasteiger partial charge in [-0.3, -0.25) is 4.79 Å². The van der Waals surface area contributed by atoms with E-state index in [4.69, 9.17) is 0 Å². The molecule has 21 heavy (non-hydrogen) atoms. The summed E-state index contributed by atoms with van der Waals surface area (Å²) in [5.41, 5.74) is 1.67. The Morgan fingerprint density at radius 1 is 1.29 bits per heavy atom. The van der Waals surface area contributed by atoms with Crippen molar-refractivity contribution in [2.45, 2.75) is 12.5 Å². The number of nitrogens with zero attached hydrogens (tertiary/aromatic N) is 2. The molecule has 0 saturated carbocycles. The maximum Gasteiger partial charge on any atom is 0.216 e. The summed E-state index contributed by atoms with van der Waals surface area (Å²) >= 11 is 5.71. The highest BCUT2D eigenvalue weighted by molar-refractivity contribution is 7.97. The van der Waals surface area contributed by atoms with Crippen molar-refractivity contribution in [3.63, 3.8) is 0 Å². The van der Waals surface area contributed by atoms with E-state index in [1.165, 1.54) is 4.88 Å². The zero-order chi connectivity index (χ0) is 14.7. The Kier molecular flexibility index (Phi) is 4.22. The predicted octanol–water partition coefficient (Wildman–Crippen LogP) is 3.85. The number of thiol groups is 1. The van der Waals surface area contributed by atoms with Crippen molar-refractivity contribution in [3.05, 3.63) is 76.5 Å². The second kappa shape index (κ2) is 6.28. The molecule has 5 heteroatoms. The van der Waals surface area contributed by atoms with Crippen LogP contribution in [-0.2, 0) is 6.54 Å². The van der Waals surface area contributed by atoms with E-state index in [9.17, 15) is 4.79 Å². The highest BCUT2D eigenvalue weighted by Crippen LogP contribution is 2.32. The third kappa shape index (κ3) is 3.09. The van der Waals surface area contributed by atoms with Gasteiger partial charge in [0.25, 0.3) is 0 Å². The number of hydrogen-bond acceptors (Lipinski definition) is 3. The molecule has 106 valence electrons. The second-order valence-corrected chi connectivity index (χ2v) is 6.11. The number of hydrogen-bond donors (Lipinski definition) is 1. The Hall–Kier alpha value is -1.85. The molecule has 3 rings (SSSR count). The van der Waals surface area contributed by atoms with Crippen LogP contribution >= 0.6 is 24.0 Å². The summed E-state index contributed by atoms with van der Waals surface area (Å²) in [5, 5.41) is 1.86. The van der Waals surface area contributed by atoms with Gasteiger partial charge in [0, 0.05) is 35.3 Å². The summed E-state index contributed by atoms with van der Waals surface area (Å²) in [4.78, 5) is 17.1. The Bertz CT molecular complexity index is 721. The van der Waals surface area contributed by atoms with Crippen LogP contribution in [0.4, 0.5) is 0 Å². The first kappa shape index (κ1) is 14.1. The average molecular weight is 314 g/mol. The summed E-state index contributed by atoms with van der Waals surface area (Å²) in [7, 11) is 0. The van der Waals surface area contributed by atoms with E-state index in [0.717, 1.165) is 12.1 Å². The molecule has 0 fully saturated rings. The lowest BCUT2D eigenvalue weighted by Crippen LogP contribution is -2.11. The van der Waals surface area contributed by atoms with Crippen LogP contribution in [0.15, 0.2) is 60.5 Å². The Balaban J connectivity index is 2.05. The lowest BCUT2D eigenvalue weighted by Gasteiger charge is -2.19. The minimum absolute atomic E-state index is 0.117. The van der Waals surface area contributed by atoms with Crippen LogP contribution in [0.1, 0.15) is 26.7 Å². The van der Waals surface area contributed by atoms with Crippen LogP contribution in [0.25, 0.3) is 0 Å². The molecule has 0 aliphatic rings. The number of imidazole rings is 1. The average Bonchev–Trinajstić information content (AvgIpc) is 3.18. The van der Waals surface area contributed by atoms with Gasteiger partial charge in [-0.1, -0.05) is 30.3 Å². The molecular weight excluding hydrogens is 300 g/mol. The first-order valence-corrected chi connectivity index (χ1v) is 7.90. The molecule has 0 spiro atoms. The van der Waals surface area contributed by atoms with Gasteiger partial charge in [0.15, 0.2) is 0 Å². The van der Waals surface area contributed by atoms with Gasteiger partial charge >= 0.3 is 0 Å². The first-order valence-electron chi connectivity index (χ1n) is 6.57. The molecule has 3 nitrogen and oxygen atoms in total. The van der Waals surface area contributed by atoms with Gasteiger partial charge in [0.1, 0.15) is 0 Å². The predicted molar refractivity (Wildman–Crippen MR) is 88.1 cm³/mol. The third-order valence-corrected chi connectivity index (χ3v) is 4.63. The minimum atomic E-state index is -0.196. The van der Waals surface area contributed by atoms with Crippen LogP contribution in [0.2, 0.25) is 0 Å². The van der Waals surface area contributed by atoms with Gasteiger partial charge in [-0.15, -0.1) is 24.0 Å². The molecule has 0 radical (unpaired) electrons. The fourth-order valence-electron chi connectivity index (χ4n) is 2.43. The van der Waals surface area contributed by atoms with E-state index in [2.05, 4.69) is 29.1 Å². The summed E-state index contributed by atoms with van der Waals surface area (Å²) in [6.45, 7) is 0.749. The van der Waals surface area contributed by atoms with Crippen molar-refractivity contribution in [1.29, 1.82) is 0 Å². The third-order valence-electron chi connectivity index (χ3n) is 3.41. The summed E-state index contributed by atoms with van der Waals surface area (Å²) in [6, 6.07) is 11.8. The standard InChI is InChI=1S/C16H14N2OS2/c19-16(20)13-5-2-1-4-12(13)14(15-6-3-9-21-15)10-18-8-7-17-11-18/h1-9,11,14H,10H2,(H,19,20). The number of benzene rings is 1. The van der Waals surface area contributed by atoms with Crippen molar-refractivity contribution < 1.29 is 4.79 Å². The van der Waals surface area contributed by atoms with Gasteiger partial charge in [-0.05, 0) is 17.0 Å². The molecule has 0 N–H and O–H groups in total. The van der Waals surface area contributed by atoms with E-state index < -0.39 is 0 Å². The van der Waals surface area contributed by atoms with E-state index in [-0.39, 0.29) is 11.0 Å². The minimum Gasteiger partial charge on any atom is -0.337 e. The number of aromatic nitrogens is 2. The molecule has 2 aromatic heterocycles. The Labute approximate surface area is 132 Å². The smallest absolute Gasteiger partial charge is 0.216 e. The quantitative estimate of drug-likeness (QED) is 0.726. The number of carbonyl (C=O) groups is 1. The van der Waals surface area contributed by atoms with E-state index >= 15 is 0 Å². The summed E-state index contributed by atoms with van der Waals surface area (Å²) < 4.78 is 2.03. The van der Waals surface area contributed by atoms with Gasteiger partial charge < -0.3 is 4.57 Å². The van der Waals surface area contributed by atoms with Crippen LogP contribution in [-0.4, -0.2) is 14.7 Å². The van der Waals surface area contributed by atoms with Crippen LogP contribution < -0.4 is 0 Å². The van der Waals surface area contributed by atoms with Crippen LogP contribution in [0.5, 0.6) is 0 Å². The second-order valence-electron chi connectivity index (χ2n) is 4.72. The molecule has 0 aliphatic heterocycles. The van der Waals surface area contributed by atoms with Crippen molar-refractivity contribution in [3.8, 4) is 0 Å². The number of rotatable bonds is 5. The van der Waals surface area contributed by atoms with Gasteiger partial charge in [-0.25, -0.2) is 4.98 Å². The molecule has 0 saturated heterocycles. The lowest BCUT2D eigenvalue weighted by molar-refractivity contribution is 0.109. The van der Waals surface area contributed by atoms with E-state index in [0.29, 0.717) is 5.56 Å². The molecule has 0 amide bonds. The van der Waals surface area contributed by atoms with E-state index in [1.807, 2.05) is 41.1 Å². The van der Waals surface area contributed by atoms with Crippen molar-refractivity contribution in [1.82, 2.24) is 9.55 Å². The molecule has 0 bridgehead atoms. The van der Waals surface area contributed by atoms with Gasteiger partial charge in [-0.2, -0.15) is 0 Å². The highest BCUT2D eigenvalue weighted by atomic mass is 32.1. The Morgan fingerprint density at radius 3 is 2.81 bits per heavy atom. The molecular formula is C16H14N2OS2. The normalized spacial score (nSPS) is 12.2. The molecule has 0 aliphatic carbocycles. The first-order chi connectivity index (χ1) is 10.3. The molecule has 3 aromatic rings. The lowest BCUT2D eigenvalue weighted by atomic mass is 9.93. The molecule has 2 heterocycles.